The summed E-state index contributed by atoms with van der Waals surface area (Å²) in [7, 11) is 0. The number of rotatable bonds is 5. The summed E-state index contributed by atoms with van der Waals surface area (Å²) in [6, 6.07) is 9.51. The number of para-hydroxylation sites is 2. The number of hydrogen-bond acceptors (Lipinski definition) is 8. The zero-order chi connectivity index (χ0) is 18.8. The fourth-order valence-corrected chi connectivity index (χ4v) is 2.64. The first-order valence-electron chi connectivity index (χ1n) is 8.13. The Balaban J connectivity index is 1.47. The molecule has 0 amide bonds. The van der Waals surface area contributed by atoms with Crippen LogP contribution in [-0.2, 0) is 16.1 Å². The van der Waals surface area contributed by atoms with E-state index in [1.807, 2.05) is 0 Å². The lowest BCUT2D eigenvalue weighted by atomic mass is 10.3. The van der Waals surface area contributed by atoms with Gasteiger partial charge in [-0.3, -0.25) is 9.55 Å². The Morgan fingerprint density at radius 3 is 2.93 bits per heavy atom. The molecule has 0 fully saturated rings. The van der Waals surface area contributed by atoms with Crippen molar-refractivity contribution in [1.29, 1.82) is 0 Å². The van der Waals surface area contributed by atoms with Crippen molar-refractivity contribution in [3.8, 4) is 11.4 Å². The summed E-state index contributed by atoms with van der Waals surface area (Å²) in [5, 5.41) is 3.83. The van der Waals surface area contributed by atoms with E-state index in [0.29, 0.717) is 22.5 Å². The van der Waals surface area contributed by atoms with Gasteiger partial charge in [-0.2, -0.15) is 4.98 Å². The third-order valence-corrected chi connectivity index (χ3v) is 3.97. The maximum absolute atomic E-state index is 12.4. The van der Waals surface area contributed by atoms with Gasteiger partial charge in [-0.1, -0.05) is 17.3 Å². The molecule has 9 nitrogen and oxygen atoms in total. The van der Waals surface area contributed by atoms with Crippen molar-refractivity contribution in [1.82, 2.24) is 19.7 Å². The molecule has 3 heterocycles. The molecule has 0 bridgehead atoms. The number of hydrogen-bond donors (Lipinski definition) is 0. The molecule has 136 valence electrons. The van der Waals surface area contributed by atoms with Crippen molar-refractivity contribution in [2.24, 2.45) is 0 Å². The molecule has 0 saturated heterocycles. The van der Waals surface area contributed by atoms with Crippen LogP contribution in [0.4, 0.5) is 0 Å². The van der Waals surface area contributed by atoms with Crippen molar-refractivity contribution in [3.63, 3.8) is 0 Å². The molecular weight excluding hydrogens is 352 g/mol. The molecule has 0 aliphatic heterocycles. The Kier molecular flexibility index (Phi) is 4.25. The molecule has 3 aromatic heterocycles. The standard InChI is InChI=1S/C18H14N4O5/c1-11(22-13-6-2-3-7-14(13)26-18(22)24)17(23)25-10-15-20-16(21-27-15)12-5-4-8-19-9-12/h2-9,11H,10H2,1H3. The number of pyridine rings is 1. The smallest absolute Gasteiger partial charge is 0.420 e. The van der Waals surface area contributed by atoms with Gasteiger partial charge in [0.2, 0.25) is 5.82 Å². The van der Waals surface area contributed by atoms with E-state index in [4.69, 9.17) is 13.7 Å². The lowest BCUT2D eigenvalue weighted by Crippen LogP contribution is -2.26. The van der Waals surface area contributed by atoms with Crippen LogP contribution in [0.5, 0.6) is 0 Å². The lowest BCUT2D eigenvalue weighted by Gasteiger charge is -2.11. The number of oxazole rings is 1. The topological polar surface area (TPSA) is 113 Å². The van der Waals surface area contributed by atoms with E-state index < -0.39 is 17.8 Å². The summed E-state index contributed by atoms with van der Waals surface area (Å²) in [6.07, 6.45) is 3.23. The molecule has 1 atom stereocenters. The summed E-state index contributed by atoms with van der Waals surface area (Å²) in [4.78, 5) is 32.6. The van der Waals surface area contributed by atoms with Gasteiger partial charge in [0.05, 0.1) is 5.52 Å². The maximum Gasteiger partial charge on any atom is 0.420 e. The summed E-state index contributed by atoms with van der Waals surface area (Å²) < 4.78 is 16.7. The van der Waals surface area contributed by atoms with Gasteiger partial charge in [-0.25, -0.2) is 9.59 Å². The van der Waals surface area contributed by atoms with Gasteiger partial charge >= 0.3 is 11.7 Å². The SMILES string of the molecule is CC(C(=O)OCc1nc(-c2cccnc2)no1)n1c(=O)oc2ccccc21. The second-order valence-corrected chi connectivity index (χ2v) is 5.74. The first-order valence-corrected chi connectivity index (χ1v) is 8.13. The fourth-order valence-electron chi connectivity index (χ4n) is 2.64. The van der Waals surface area contributed by atoms with E-state index in [0.717, 1.165) is 0 Å². The number of aromatic nitrogens is 4. The molecule has 0 radical (unpaired) electrons. The molecule has 4 aromatic rings. The molecule has 9 heteroatoms. The van der Waals surface area contributed by atoms with Gasteiger partial charge in [0, 0.05) is 18.0 Å². The van der Waals surface area contributed by atoms with Crippen molar-refractivity contribution >= 4 is 17.1 Å². The zero-order valence-electron chi connectivity index (χ0n) is 14.2. The number of nitrogens with zero attached hydrogens (tertiary/aromatic N) is 4. The van der Waals surface area contributed by atoms with Gasteiger partial charge in [-0.15, -0.1) is 0 Å². The van der Waals surface area contributed by atoms with Gasteiger partial charge in [0.25, 0.3) is 5.89 Å². The average Bonchev–Trinajstić information content (AvgIpc) is 3.30. The zero-order valence-corrected chi connectivity index (χ0v) is 14.2. The van der Waals surface area contributed by atoms with Crippen LogP contribution in [0, 0.1) is 0 Å². The van der Waals surface area contributed by atoms with Gasteiger partial charge in [0.1, 0.15) is 6.04 Å². The molecule has 0 saturated carbocycles. The molecule has 0 aliphatic rings. The van der Waals surface area contributed by atoms with Crippen molar-refractivity contribution in [2.75, 3.05) is 0 Å². The van der Waals surface area contributed by atoms with Gasteiger partial charge in [0.15, 0.2) is 12.2 Å². The predicted octanol–water partition coefficient (Wildman–Crippen LogP) is 2.34. The van der Waals surface area contributed by atoms with Crippen LogP contribution in [-0.4, -0.2) is 25.7 Å². The van der Waals surface area contributed by atoms with Crippen molar-refractivity contribution in [2.45, 2.75) is 19.6 Å². The maximum atomic E-state index is 12.4. The third kappa shape index (κ3) is 3.22. The van der Waals surface area contributed by atoms with Crippen LogP contribution in [0.1, 0.15) is 18.9 Å². The molecule has 0 N–H and O–H groups in total. The molecular formula is C18H14N4O5. The van der Waals surface area contributed by atoms with Crippen LogP contribution < -0.4 is 5.76 Å². The Morgan fingerprint density at radius 1 is 1.26 bits per heavy atom. The highest BCUT2D eigenvalue weighted by Gasteiger charge is 2.23. The monoisotopic (exact) mass is 366 g/mol. The second kappa shape index (κ2) is 6.87. The summed E-state index contributed by atoms with van der Waals surface area (Å²) in [6.45, 7) is 1.35. The van der Waals surface area contributed by atoms with Crippen LogP contribution >= 0.6 is 0 Å². The van der Waals surface area contributed by atoms with E-state index >= 15 is 0 Å². The first-order chi connectivity index (χ1) is 13.1. The number of carbonyl (C=O) groups excluding carboxylic acids is 1. The number of benzene rings is 1. The summed E-state index contributed by atoms with van der Waals surface area (Å²) >= 11 is 0. The third-order valence-electron chi connectivity index (χ3n) is 3.97. The van der Waals surface area contributed by atoms with Gasteiger partial charge in [-0.05, 0) is 31.2 Å². The lowest BCUT2D eigenvalue weighted by molar-refractivity contribution is -0.149. The normalized spacial score (nSPS) is 12.2. The number of carbonyl (C=O) groups is 1. The van der Waals surface area contributed by atoms with E-state index in [1.54, 1.807) is 55.7 Å². The second-order valence-electron chi connectivity index (χ2n) is 5.74. The van der Waals surface area contributed by atoms with E-state index in [2.05, 4.69) is 15.1 Å². The predicted molar refractivity (Wildman–Crippen MR) is 92.5 cm³/mol. The molecule has 27 heavy (non-hydrogen) atoms. The molecule has 0 aliphatic carbocycles. The Hall–Kier alpha value is -3.75. The average molecular weight is 366 g/mol. The van der Waals surface area contributed by atoms with Crippen LogP contribution in [0.15, 0.2) is 62.5 Å². The molecule has 4 rings (SSSR count). The Bertz CT molecular complexity index is 1150. The molecule has 1 unspecified atom stereocenters. The van der Waals surface area contributed by atoms with E-state index in [9.17, 15) is 9.59 Å². The minimum Gasteiger partial charge on any atom is -0.454 e. The summed E-state index contributed by atoms with van der Waals surface area (Å²) in [5.74, 6) is -0.764. The Labute approximate surface area is 152 Å². The van der Waals surface area contributed by atoms with Crippen LogP contribution in [0.2, 0.25) is 0 Å². The number of fused-ring (bicyclic) bond motifs is 1. The number of ether oxygens (including phenoxy) is 1. The van der Waals surface area contributed by atoms with Crippen molar-refractivity contribution < 1.29 is 18.5 Å². The van der Waals surface area contributed by atoms with Crippen LogP contribution in [0.25, 0.3) is 22.5 Å². The quantitative estimate of drug-likeness (QED) is 0.495. The molecule has 0 spiro atoms. The summed E-state index contributed by atoms with van der Waals surface area (Å²) in [5.41, 5.74) is 1.60. The molecule has 1 aromatic carbocycles. The largest absolute Gasteiger partial charge is 0.454 e. The first kappa shape index (κ1) is 16.7. The van der Waals surface area contributed by atoms with Crippen molar-refractivity contribution in [3.05, 3.63) is 65.2 Å². The number of esters is 1. The van der Waals surface area contributed by atoms with E-state index in [1.165, 1.54) is 4.57 Å². The highest BCUT2D eigenvalue weighted by atomic mass is 16.6. The van der Waals surface area contributed by atoms with Crippen LogP contribution in [0.3, 0.4) is 0 Å². The minimum absolute atomic E-state index is 0.138. The highest BCUT2D eigenvalue weighted by molar-refractivity contribution is 5.79. The van der Waals surface area contributed by atoms with E-state index in [-0.39, 0.29) is 12.5 Å². The minimum atomic E-state index is -0.873. The Morgan fingerprint density at radius 2 is 2.11 bits per heavy atom. The highest BCUT2D eigenvalue weighted by Crippen LogP contribution is 2.18. The fraction of sp³-hybridized carbons (Fsp3) is 0.167. The van der Waals surface area contributed by atoms with Gasteiger partial charge < -0.3 is 13.7 Å².